The van der Waals surface area contributed by atoms with E-state index in [0.29, 0.717) is 18.3 Å². The molecule has 0 N–H and O–H groups in total. The number of hydrogen-bond donors (Lipinski definition) is 0. The summed E-state index contributed by atoms with van der Waals surface area (Å²) in [7, 11) is 0. The van der Waals surface area contributed by atoms with Crippen molar-refractivity contribution in [2.45, 2.75) is 38.6 Å². The number of aromatic nitrogens is 1. The van der Waals surface area contributed by atoms with Gasteiger partial charge < -0.3 is 9.47 Å². The number of fused-ring (bicyclic) bond motifs is 4. The van der Waals surface area contributed by atoms with Crippen molar-refractivity contribution in [1.29, 1.82) is 0 Å². The van der Waals surface area contributed by atoms with E-state index in [4.69, 9.17) is 0 Å². The Morgan fingerprint density at radius 2 is 2.16 bits per heavy atom. The van der Waals surface area contributed by atoms with Crippen LogP contribution < -0.4 is 5.56 Å². The van der Waals surface area contributed by atoms with Crippen LogP contribution in [0.2, 0.25) is 0 Å². The number of carbonyl (C=O) groups is 1. The van der Waals surface area contributed by atoms with Crippen LogP contribution in [0.1, 0.15) is 37.8 Å². The van der Waals surface area contributed by atoms with Crippen LogP contribution in [0.25, 0.3) is 0 Å². The molecule has 1 fully saturated rings. The number of amides is 1. The standard InChI is InChI=1S/C15H20N2O2/c1-2-4-14(18)16-8-11-7-12(10-16)13-5-3-6-15(19)17(13)9-11/h3,5-6,11-12H,2,4,7-10H2,1H3/t11-,12-/m0/s1. The average molecular weight is 260 g/mol. The van der Waals surface area contributed by atoms with Gasteiger partial charge in [-0.05, 0) is 24.8 Å². The molecule has 2 aliphatic heterocycles. The second kappa shape index (κ2) is 4.83. The lowest BCUT2D eigenvalue weighted by Crippen LogP contribution is -2.49. The van der Waals surface area contributed by atoms with Crippen LogP contribution in [0.5, 0.6) is 0 Å². The molecule has 3 heterocycles. The van der Waals surface area contributed by atoms with Gasteiger partial charge in [0.05, 0.1) is 0 Å². The minimum absolute atomic E-state index is 0.0977. The molecule has 1 amide bonds. The first-order chi connectivity index (χ1) is 9.19. The van der Waals surface area contributed by atoms with Gasteiger partial charge in [0.25, 0.3) is 5.56 Å². The van der Waals surface area contributed by atoms with E-state index in [1.807, 2.05) is 28.5 Å². The monoisotopic (exact) mass is 260 g/mol. The van der Waals surface area contributed by atoms with Crippen LogP contribution in [-0.2, 0) is 11.3 Å². The Labute approximate surface area is 113 Å². The zero-order valence-electron chi connectivity index (χ0n) is 11.3. The first-order valence-corrected chi connectivity index (χ1v) is 7.16. The number of carbonyl (C=O) groups excluding carboxylic acids is 1. The lowest BCUT2D eigenvalue weighted by molar-refractivity contribution is -0.134. The van der Waals surface area contributed by atoms with Gasteiger partial charge in [-0.1, -0.05) is 13.0 Å². The van der Waals surface area contributed by atoms with Crippen molar-refractivity contribution in [3.63, 3.8) is 0 Å². The van der Waals surface area contributed by atoms with Crippen molar-refractivity contribution in [2.75, 3.05) is 13.1 Å². The average Bonchev–Trinajstić information content (AvgIpc) is 2.40. The third-order valence-electron chi connectivity index (χ3n) is 4.30. The third-order valence-corrected chi connectivity index (χ3v) is 4.30. The summed E-state index contributed by atoms with van der Waals surface area (Å²) in [4.78, 5) is 26.0. The predicted molar refractivity (Wildman–Crippen MR) is 73.0 cm³/mol. The molecule has 2 aliphatic rings. The number of nitrogens with zero attached hydrogens (tertiary/aromatic N) is 2. The van der Waals surface area contributed by atoms with Gasteiger partial charge in [-0.2, -0.15) is 0 Å². The number of hydrogen-bond acceptors (Lipinski definition) is 2. The van der Waals surface area contributed by atoms with Gasteiger partial charge in [-0.3, -0.25) is 9.59 Å². The van der Waals surface area contributed by atoms with Gasteiger partial charge in [0.15, 0.2) is 0 Å². The van der Waals surface area contributed by atoms with Crippen LogP contribution in [0.3, 0.4) is 0 Å². The van der Waals surface area contributed by atoms with Crippen LogP contribution >= 0.6 is 0 Å². The van der Waals surface area contributed by atoms with Gasteiger partial charge in [-0.15, -0.1) is 0 Å². The number of piperidine rings is 1. The van der Waals surface area contributed by atoms with Crippen LogP contribution in [0, 0.1) is 5.92 Å². The molecule has 0 spiro atoms. The number of rotatable bonds is 2. The maximum absolute atomic E-state index is 12.1. The molecule has 0 aromatic carbocycles. The minimum Gasteiger partial charge on any atom is -0.342 e. The summed E-state index contributed by atoms with van der Waals surface area (Å²) in [6.07, 6.45) is 2.65. The van der Waals surface area contributed by atoms with E-state index < -0.39 is 0 Å². The van der Waals surface area contributed by atoms with Crippen molar-refractivity contribution < 1.29 is 4.79 Å². The molecule has 1 aromatic rings. The largest absolute Gasteiger partial charge is 0.342 e. The normalized spacial score (nSPS) is 25.0. The van der Waals surface area contributed by atoms with Gasteiger partial charge >= 0.3 is 0 Å². The van der Waals surface area contributed by atoms with E-state index in [1.54, 1.807) is 6.07 Å². The molecule has 0 saturated carbocycles. The highest BCUT2D eigenvalue weighted by atomic mass is 16.2. The summed E-state index contributed by atoms with van der Waals surface area (Å²) in [5.74, 6) is 1.04. The maximum atomic E-state index is 12.1. The molecule has 19 heavy (non-hydrogen) atoms. The molecular formula is C15H20N2O2. The quantitative estimate of drug-likeness (QED) is 0.810. The second-order valence-corrected chi connectivity index (χ2v) is 5.75. The Bertz CT molecular complexity index is 549. The Hall–Kier alpha value is -1.58. The number of likely N-dealkylation sites (tertiary alicyclic amines) is 1. The Balaban J connectivity index is 1.88. The van der Waals surface area contributed by atoms with Crippen LogP contribution in [-0.4, -0.2) is 28.5 Å². The summed E-state index contributed by atoms with van der Waals surface area (Å²) in [5.41, 5.74) is 1.21. The van der Waals surface area contributed by atoms with Crippen molar-refractivity contribution in [1.82, 2.24) is 9.47 Å². The zero-order valence-corrected chi connectivity index (χ0v) is 11.3. The Morgan fingerprint density at radius 3 is 2.95 bits per heavy atom. The van der Waals surface area contributed by atoms with E-state index in [0.717, 1.165) is 38.2 Å². The fourth-order valence-corrected chi connectivity index (χ4v) is 3.47. The molecule has 2 bridgehead atoms. The molecular weight excluding hydrogens is 240 g/mol. The fraction of sp³-hybridized carbons (Fsp3) is 0.600. The molecule has 4 heteroatoms. The van der Waals surface area contributed by atoms with Crippen LogP contribution in [0.4, 0.5) is 0 Å². The maximum Gasteiger partial charge on any atom is 0.250 e. The summed E-state index contributed by atoms with van der Waals surface area (Å²) in [5, 5.41) is 0. The summed E-state index contributed by atoms with van der Waals surface area (Å²) < 4.78 is 1.90. The Kier molecular flexibility index (Phi) is 3.17. The van der Waals surface area contributed by atoms with Crippen molar-refractivity contribution in [3.05, 3.63) is 34.2 Å². The molecule has 1 saturated heterocycles. The van der Waals surface area contributed by atoms with Gasteiger partial charge in [0, 0.05) is 43.7 Å². The van der Waals surface area contributed by atoms with Gasteiger partial charge in [-0.25, -0.2) is 0 Å². The predicted octanol–water partition coefficient (Wildman–Crippen LogP) is 1.59. The van der Waals surface area contributed by atoms with E-state index in [1.165, 1.54) is 0 Å². The Morgan fingerprint density at radius 1 is 1.32 bits per heavy atom. The minimum atomic E-state index is 0.0977. The van der Waals surface area contributed by atoms with E-state index in [2.05, 4.69) is 0 Å². The molecule has 1 aromatic heterocycles. The summed E-state index contributed by atoms with van der Waals surface area (Å²) >= 11 is 0. The highest BCUT2D eigenvalue weighted by molar-refractivity contribution is 5.76. The van der Waals surface area contributed by atoms with E-state index in [-0.39, 0.29) is 11.5 Å². The van der Waals surface area contributed by atoms with E-state index >= 15 is 0 Å². The van der Waals surface area contributed by atoms with Gasteiger partial charge in [0.1, 0.15) is 0 Å². The van der Waals surface area contributed by atoms with E-state index in [9.17, 15) is 9.59 Å². The van der Waals surface area contributed by atoms with Crippen molar-refractivity contribution in [2.24, 2.45) is 5.92 Å². The number of pyridine rings is 1. The molecule has 0 radical (unpaired) electrons. The highest BCUT2D eigenvalue weighted by Gasteiger charge is 2.35. The molecule has 4 nitrogen and oxygen atoms in total. The SMILES string of the molecule is CCCC(=O)N1C[C@@H]2C[C@@H](C1)c1cccc(=O)n1C2. The fourth-order valence-electron chi connectivity index (χ4n) is 3.47. The molecule has 0 unspecified atom stereocenters. The summed E-state index contributed by atoms with van der Waals surface area (Å²) in [6, 6.07) is 5.50. The lowest BCUT2D eigenvalue weighted by Gasteiger charge is -2.42. The molecule has 102 valence electrons. The van der Waals surface area contributed by atoms with Crippen molar-refractivity contribution >= 4 is 5.91 Å². The first kappa shape index (κ1) is 12.5. The first-order valence-electron chi connectivity index (χ1n) is 7.16. The van der Waals surface area contributed by atoms with Crippen molar-refractivity contribution in [3.8, 4) is 0 Å². The lowest BCUT2D eigenvalue weighted by atomic mass is 9.83. The zero-order chi connectivity index (χ0) is 13.4. The molecule has 2 atom stereocenters. The molecule has 0 aliphatic carbocycles. The highest BCUT2D eigenvalue weighted by Crippen LogP contribution is 2.35. The topological polar surface area (TPSA) is 42.3 Å². The smallest absolute Gasteiger partial charge is 0.250 e. The van der Waals surface area contributed by atoms with Gasteiger partial charge in [0.2, 0.25) is 5.91 Å². The van der Waals surface area contributed by atoms with Crippen LogP contribution in [0.15, 0.2) is 23.0 Å². The third kappa shape index (κ3) is 2.20. The second-order valence-electron chi connectivity index (χ2n) is 5.75. The molecule has 3 rings (SSSR count). The summed E-state index contributed by atoms with van der Waals surface area (Å²) in [6.45, 7) is 4.40.